The topological polar surface area (TPSA) is 55.6 Å². The summed E-state index contributed by atoms with van der Waals surface area (Å²) < 4.78 is 5.39. The quantitative estimate of drug-likeness (QED) is 0.843. The van der Waals surface area contributed by atoms with Crippen molar-refractivity contribution in [1.29, 1.82) is 0 Å². The van der Waals surface area contributed by atoms with Crippen LogP contribution in [0.2, 0.25) is 0 Å². The summed E-state index contributed by atoms with van der Waals surface area (Å²) in [6.07, 6.45) is 1.07. The van der Waals surface area contributed by atoms with E-state index in [9.17, 15) is 4.79 Å². The van der Waals surface area contributed by atoms with Gasteiger partial charge in [0, 0.05) is 25.7 Å². The highest BCUT2D eigenvalue weighted by atomic mass is 16.5. The number of nitrogens with two attached hydrogens (primary N) is 1. The maximum atomic E-state index is 12.1. The van der Waals surface area contributed by atoms with Gasteiger partial charge in [0.1, 0.15) is 6.61 Å². The van der Waals surface area contributed by atoms with Crippen molar-refractivity contribution in [3.63, 3.8) is 0 Å². The lowest BCUT2D eigenvalue weighted by Crippen LogP contribution is -2.48. The van der Waals surface area contributed by atoms with E-state index in [0.29, 0.717) is 12.5 Å². The molecule has 4 heteroatoms. The average molecular weight is 290 g/mol. The molecule has 3 unspecified atom stereocenters. The molecule has 116 valence electrons. The van der Waals surface area contributed by atoms with Gasteiger partial charge in [-0.05, 0) is 17.9 Å². The minimum absolute atomic E-state index is 0.119. The maximum Gasteiger partial charge on any atom is 0.310 e. The lowest BCUT2D eigenvalue weighted by atomic mass is 9.96. The molecule has 21 heavy (non-hydrogen) atoms. The summed E-state index contributed by atoms with van der Waals surface area (Å²) in [5.74, 6) is 0.346. The zero-order valence-electron chi connectivity index (χ0n) is 13.0. The van der Waals surface area contributed by atoms with Crippen LogP contribution in [-0.4, -0.2) is 36.5 Å². The monoisotopic (exact) mass is 290 g/mol. The number of nitrogens with zero attached hydrogens (tertiary/aromatic N) is 1. The molecule has 1 heterocycles. The molecule has 0 bridgehead atoms. The molecule has 1 aromatic rings. The molecular formula is C17H26N2O2. The van der Waals surface area contributed by atoms with Gasteiger partial charge < -0.3 is 15.4 Å². The first-order valence-corrected chi connectivity index (χ1v) is 7.73. The number of carbonyl (C=O) groups is 1. The van der Waals surface area contributed by atoms with Crippen molar-refractivity contribution in [2.75, 3.05) is 19.6 Å². The Morgan fingerprint density at radius 1 is 1.38 bits per heavy atom. The minimum atomic E-state index is -0.134. The molecule has 1 aliphatic rings. The molecule has 0 saturated carbocycles. The Bertz CT molecular complexity index is 439. The summed E-state index contributed by atoms with van der Waals surface area (Å²) in [5, 5.41) is 0. The molecule has 1 aliphatic heterocycles. The Morgan fingerprint density at radius 3 is 2.76 bits per heavy atom. The third kappa shape index (κ3) is 5.14. The summed E-state index contributed by atoms with van der Waals surface area (Å²) in [7, 11) is 0. The first-order valence-electron chi connectivity index (χ1n) is 7.73. The summed E-state index contributed by atoms with van der Waals surface area (Å²) in [4.78, 5) is 14.4. The van der Waals surface area contributed by atoms with Gasteiger partial charge >= 0.3 is 5.97 Å². The molecule has 1 fully saturated rings. The molecule has 0 spiro atoms. The zero-order valence-corrected chi connectivity index (χ0v) is 13.0. The van der Waals surface area contributed by atoms with Crippen LogP contribution in [0.25, 0.3) is 0 Å². The van der Waals surface area contributed by atoms with Crippen LogP contribution in [0.4, 0.5) is 0 Å². The summed E-state index contributed by atoms with van der Waals surface area (Å²) in [5.41, 5.74) is 7.06. The van der Waals surface area contributed by atoms with Crippen molar-refractivity contribution >= 4 is 5.97 Å². The third-order valence-electron chi connectivity index (χ3n) is 3.93. The SMILES string of the molecule is CC1CC(N)CN(CC(C)C(=O)OCc2ccccc2)C1. The lowest BCUT2D eigenvalue weighted by molar-refractivity contribution is -0.150. The first kappa shape index (κ1) is 16.0. The summed E-state index contributed by atoms with van der Waals surface area (Å²) >= 11 is 0. The molecule has 1 saturated heterocycles. The van der Waals surface area contributed by atoms with Crippen molar-refractivity contribution in [3.05, 3.63) is 35.9 Å². The molecule has 2 N–H and O–H groups in total. The third-order valence-corrected chi connectivity index (χ3v) is 3.93. The second-order valence-corrected chi connectivity index (χ2v) is 6.31. The van der Waals surface area contributed by atoms with Crippen LogP contribution in [0, 0.1) is 11.8 Å². The van der Waals surface area contributed by atoms with Gasteiger partial charge in [0.05, 0.1) is 5.92 Å². The molecule has 0 amide bonds. The molecule has 2 rings (SSSR count). The van der Waals surface area contributed by atoms with Gasteiger partial charge in [-0.25, -0.2) is 0 Å². The fourth-order valence-corrected chi connectivity index (χ4v) is 2.99. The van der Waals surface area contributed by atoms with Crippen LogP contribution in [0.5, 0.6) is 0 Å². The van der Waals surface area contributed by atoms with Crippen LogP contribution < -0.4 is 5.73 Å². The molecule has 3 atom stereocenters. The smallest absolute Gasteiger partial charge is 0.310 e. The zero-order chi connectivity index (χ0) is 15.2. The average Bonchev–Trinajstić information content (AvgIpc) is 2.44. The fraction of sp³-hybridized carbons (Fsp3) is 0.588. The van der Waals surface area contributed by atoms with Crippen LogP contribution in [0.15, 0.2) is 30.3 Å². The van der Waals surface area contributed by atoms with Gasteiger partial charge in [0.25, 0.3) is 0 Å². The molecule has 0 radical (unpaired) electrons. The van der Waals surface area contributed by atoms with Gasteiger partial charge in [0.2, 0.25) is 0 Å². The van der Waals surface area contributed by atoms with Crippen molar-refractivity contribution in [2.24, 2.45) is 17.6 Å². The maximum absolute atomic E-state index is 12.1. The minimum Gasteiger partial charge on any atom is -0.461 e. The van der Waals surface area contributed by atoms with E-state index in [1.54, 1.807) is 0 Å². The van der Waals surface area contributed by atoms with E-state index in [-0.39, 0.29) is 17.9 Å². The Morgan fingerprint density at radius 2 is 2.10 bits per heavy atom. The van der Waals surface area contributed by atoms with E-state index >= 15 is 0 Å². The molecule has 0 aromatic heterocycles. The van der Waals surface area contributed by atoms with Crippen molar-refractivity contribution < 1.29 is 9.53 Å². The highest BCUT2D eigenvalue weighted by molar-refractivity contribution is 5.72. The number of ether oxygens (including phenoxy) is 1. The Kier molecular flexibility index (Phi) is 5.76. The van der Waals surface area contributed by atoms with Crippen molar-refractivity contribution in [2.45, 2.75) is 32.9 Å². The number of benzene rings is 1. The molecule has 1 aromatic carbocycles. The van der Waals surface area contributed by atoms with E-state index in [0.717, 1.165) is 31.6 Å². The highest BCUT2D eigenvalue weighted by Crippen LogP contribution is 2.16. The second kappa shape index (κ2) is 7.57. The van der Waals surface area contributed by atoms with Crippen LogP contribution in [0.3, 0.4) is 0 Å². The van der Waals surface area contributed by atoms with Gasteiger partial charge in [-0.3, -0.25) is 4.79 Å². The van der Waals surface area contributed by atoms with E-state index in [1.807, 2.05) is 37.3 Å². The number of piperidine rings is 1. The number of hydrogen-bond donors (Lipinski definition) is 1. The highest BCUT2D eigenvalue weighted by Gasteiger charge is 2.25. The number of likely N-dealkylation sites (tertiary alicyclic amines) is 1. The predicted molar refractivity (Wildman–Crippen MR) is 83.6 cm³/mol. The molecule has 0 aliphatic carbocycles. The van der Waals surface area contributed by atoms with Crippen LogP contribution in [-0.2, 0) is 16.1 Å². The van der Waals surface area contributed by atoms with Crippen LogP contribution >= 0.6 is 0 Å². The number of esters is 1. The first-order chi connectivity index (χ1) is 10.0. The second-order valence-electron chi connectivity index (χ2n) is 6.31. The molecular weight excluding hydrogens is 264 g/mol. The van der Waals surface area contributed by atoms with Crippen molar-refractivity contribution in [3.8, 4) is 0 Å². The number of rotatable bonds is 5. The standard InChI is InChI=1S/C17H26N2O2/c1-13-8-16(18)11-19(9-13)10-14(2)17(20)21-12-15-6-4-3-5-7-15/h3-7,13-14,16H,8-12,18H2,1-2H3. The summed E-state index contributed by atoms with van der Waals surface area (Å²) in [6, 6.07) is 9.99. The van der Waals surface area contributed by atoms with Gasteiger partial charge in [-0.1, -0.05) is 44.2 Å². The Hall–Kier alpha value is -1.39. The van der Waals surface area contributed by atoms with E-state index in [4.69, 9.17) is 10.5 Å². The van der Waals surface area contributed by atoms with E-state index < -0.39 is 0 Å². The van der Waals surface area contributed by atoms with Gasteiger partial charge in [0.15, 0.2) is 0 Å². The van der Waals surface area contributed by atoms with Crippen LogP contribution in [0.1, 0.15) is 25.8 Å². The Balaban J connectivity index is 1.77. The van der Waals surface area contributed by atoms with E-state index in [2.05, 4.69) is 11.8 Å². The van der Waals surface area contributed by atoms with Gasteiger partial charge in [-0.15, -0.1) is 0 Å². The van der Waals surface area contributed by atoms with Crippen molar-refractivity contribution in [1.82, 2.24) is 4.90 Å². The largest absolute Gasteiger partial charge is 0.461 e. The number of carbonyl (C=O) groups excluding carboxylic acids is 1. The molecule has 4 nitrogen and oxygen atoms in total. The predicted octanol–water partition coefficient (Wildman–Crippen LogP) is 2.03. The van der Waals surface area contributed by atoms with E-state index in [1.165, 1.54) is 0 Å². The Labute approximate surface area is 127 Å². The normalized spacial score (nSPS) is 24.5. The summed E-state index contributed by atoms with van der Waals surface area (Å²) in [6.45, 7) is 7.11. The number of hydrogen-bond acceptors (Lipinski definition) is 4. The van der Waals surface area contributed by atoms with Gasteiger partial charge in [-0.2, -0.15) is 0 Å². The fourth-order valence-electron chi connectivity index (χ4n) is 2.99. The lowest BCUT2D eigenvalue weighted by Gasteiger charge is -2.35.